The van der Waals surface area contributed by atoms with Crippen molar-refractivity contribution >= 4 is 34.3 Å². The Balaban J connectivity index is 1.72. The third-order valence-electron chi connectivity index (χ3n) is 3.62. The number of benzene rings is 2. The number of para-hydroxylation sites is 1. The average molecular weight is 352 g/mol. The highest BCUT2D eigenvalue weighted by molar-refractivity contribution is 6.30. The summed E-state index contributed by atoms with van der Waals surface area (Å²) < 4.78 is 7.03. The zero-order valence-corrected chi connectivity index (χ0v) is 13.9. The average Bonchev–Trinajstić information content (AvgIpc) is 3.30. The molecular formula is C18H14ClN5O. The summed E-state index contributed by atoms with van der Waals surface area (Å²) in [5, 5.41) is 12.4. The number of anilines is 1. The molecule has 7 heteroatoms. The number of hydrogen-bond donors (Lipinski definition) is 1. The van der Waals surface area contributed by atoms with Gasteiger partial charge >= 0.3 is 0 Å². The molecule has 0 amide bonds. The molecule has 4 aromatic rings. The Bertz CT molecular complexity index is 1010. The van der Waals surface area contributed by atoms with Crippen molar-refractivity contribution in [3.63, 3.8) is 0 Å². The largest absolute Gasteiger partial charge is 0.467 e. The van der Waals surface area contributed by atoms with Gasteiger partial charge in [-0.05, 0) is 48.5 Å². The molecule has 0 aliphatic rings. The van der Waals surface area contributed by atoms with E-state index in [1.54, 1.807) is 10.9 Å². The van der Waals surface area contributed by atoms with Crippen molar-refractivity contribution in [3.8, 4) is 0 Å². The van der Waals surface area contributed by atoms with Crippen LogP contribution in [0.15, 0.2) is 76.3 Å². The summed E-state index contributed by atoms with van der Waals surface area (Å²) in [5.41, 5.74) is 2.51. The first-order chi connectivity index (χ1) is 12.3. The van der Waals surface area contributed by atoms with Crippen molar-refractivity contribution in [2.24, 2.45) is 4.99 Å². The van der Waals surface area contributed by atoms with Crippen LogP contribution in [0.4, 0.5) is 5.69 Å². The number of hydrogen-bond acceptors (Lipinski definition) is 4. The Morgan fingerprint density at radius 3 is 2.72 bits per heavy atom. The van der Waals surface area contributed by atoms with Crippen molar-refractivity contribution in [3.05, 3.63) is 77.7 Å². The predicted octanol–water partition coefficient (Wildman–Crippen LogP) is 4.19. The Kier molecular flexibility index (Phi) is 4.18. The van der Waals surface area contributed by atoms with E-state index < -0.39 is 0 Å². The second-order valence-corrected chi connectivity index (χ2v) is 5.78. The second kappa shape index (κ2) is 6.78. The Labute approximate surface area is 148 Å². The first-order valence-electron chi connectivity index (χ1n) is 7.70. The minimum atomic E-state index is 0.386. The lowest BCUT2D eigenvalue weighted by Gasteiger charge is -2.10. The molecule has 25 heavy (non-hydrogen) atoms. The maximum absolute atomic E-state index is 5.96. The monoisotopic (exact) mass is 351 g/mol. The summed E-state index contributed by atoms with van der Waals surface area (Å²) in [5.74, 6) is 1.31. The number of halogens is 1. The Hall–Kier alpha value is -3.12. The molecule has 1 N–H and O–H groups in total. The summed E-state index contributed by atoms with van der Waals surface area (Å²) >= 11 is 5.96. The van der Waals surface area contributed by atoms with Crippen LogP contribution in [0.1, 0.15) is 5.76 Å². The van der Waals surface area contributed by atoms with E-state index in [1.165, 1.54) is 0 Å². The SMILES string of the molecule is Clc1ccc(NC(=NCc2ccco2)n2nnc3ccccc32)cc1. The Morgan fingerprint density at radius 1 is 1.08 bits per heavy atom. The number of rotatable bonds is 3. The fraction of sp³-hybridized carbons (Fsp3) is 0.0556. The summed E-state index contributed by atoms with van der Waals surface area (Å²) in [6.07, 6.45) is 1.63. The number of furan rings is 1. The molecule has 2 aromatic carbocycles. The van der Waals surface area contributed by atoms with Gasteiger partial charge < -0.3 is 9.73 Å². The molecule has 0 saturated carbocycles. The van der Waals surface area contributed by atoms with E-state index >= 15 is 0 Å². The Morgan fingerprint density at radius 2 is 1.92 bits per heavy atom. The first-order valence-corrected chi connectivity index (χ1v) is 8.08. The maximum Gasteiger partial charge on any atom is 0.226 e. The van der Waals surface area contributed by atoms with Crippen LogP contribution >= 0.6 is 11.6 Å². The molecular weight excluding hydrogens is 338 g/mol. The number of aromatic nitrogens is 3. The summed E-state index contributed by atoms with van der Waals surface area (Å²) in [6.45, 7) is 0.386. The summed E-state index contributed by atoms with van der Waals surface area (Å²) in [7, 11) is 0. The maximum atomic E-state index is 5.96. The topological polar surface area (TPSA) is 68.2 Å². The molecule has 6 nitrogen and oxygen atoms in total. The summed E-state index contributed by atoms with van der Waals surface area (Å²) in [4.78, 5) is 4.62. The van der Waals surface area contributed by atoms with Crippen LogP contribution in [0.5, 0.6) is 0 Å². The number of nitrogens with one attached hydrogen (secondary N) is 1. The van der Waals surface area contributed by atoms with Gasteiger partial charge in [0.2, 0.25) is 5.96 Å². The number of nitrogens with zero attached hydrogens (tertiary/aromatic N) is 4. The molecule has 2 aromatic heterocycles. The van der Waals surface area contributed by atoms with Gasteiger partial charge in [-0.15, -0.1) is 5.10 Å². The molecule has 2 heterocycles. The van der Waals surface area contributed by atoms with Crippen molar-refractivity contribution < 1.29 is 4.42 Å². The van der Waals surface area contributed by atoms with Gasteiger partial charge in [0.15, 0.2) is 0 Å². The molecule has 0 radical (unpaired) electrons. The zero-order chi connectivity index (χ0) is 17.1. The molecule has 0 bridgehead atoms. The van der Waals surface area contributed by atoms with Crippen molar-refractivity contribution in [2.45, 2.75) is 6.54 Å². The lowest BCUT2D eigenvalue weighted by atomic mass is 10.3. The van der Waals surface area contributed by atoms with Gasteiger partial charge in [0, 0.05) is 10.7 Å². The third-order valence-corrected chi connectivity index (χ3v) is 3.87. The van der Waals surface area contributed by atoms with E-state index in [4.69, 9.17) is 16.0 Å². The molecule has 0 spiro atoms. The van der Waals surface area contributed by atoms with E-state index in [2.05, 4.69) is 20.6 Å². The van der Waals surface area contributed by atoms with Crippen LogP contribution in [0.3, 0.4) is 0 Å². The zero-order valence-electron chi connectivity index (χ0n) is 13.1. The predicted molar refractivity (Wildman–Crippen MR) is 97.8 cm³/mol. The highest BCUT2D eigenvalue weighted by Crippen LogP contribution is 2.16. The van der Waals surface area contributed by atoms with Gasteiger partial charge in [0.1, 0.15) is 17.8 Å². The molecule has 0 aliphatic heterocycles. The van der Waals surface area contributed by atoms with Gasteiger partial charge in [0.05, 0.1) is 11.8 Å². The number of fused-ring (bicyclic) bond motifs is 1. The van der Waals surface area contributed by atoms with Gasteiger partial charge in [-0.25, -0.2) is 4.99 Å². The normalized spacial score (nSPS) is 11.8. The van der Waals surface area contributed by atoms with Crippen LogP contribution in [-0.2, 0) is 6.54 Å². The van der Waals surface area contributed by atoms with E-state index in [0.717, 1.165) is 22.5 Å². The fourth-order valence-corrected chi connectivity index (χ4v) is 2.53. The smallest absolute Gasteiger partial charge is 0.226 e. The van der Waals surface area contributed by atoms with E-state index in [-0.39, 0.29) is 0 Å². The molecule has 0 unspecified atom stereocenters. The molecule has 0 aliphatic carbocycles. The van der Waals surface area contributed by atoms with Crippen LogP contribution in [-0.4, -0.2) is 21.0 Å². The lowest BCUT2D eigenvalue weighted by molar-refractivity contribution is 0.512. The quantitative estimate of drug-likeness (QED) is 0.444. The first kappa shape index (κ1) is 15.4. The number of aliphatic imine (C=N–C) groups is 1. The van der Waals surface area contributed by atoms with E-state index in [1.807, 2.05) is 60.7 Å². The van der Waals surface area contributed by atoms with Crippen molar-refractivity contribution in [1.82, 2.24) is 15.0 Å². The molecule has 0 saturated heterocycles. The van der Waals surface area contributed by atoms with Gasteiger partial charge in [-0.1, -0.05) is 28.9 Å². The van der Waals surface area contributed by atoms with E-state index in [9.17, 15) is 0 Å². The van der Waals surface area contributed by atoms with Gasteiger partial charge in [-0.3, -0.25) is 0 Å². The molecule has 0 atom stereocenters. The standard InChI is InChI=1S/C18H14ClN5O/c19-13-7-9-14(10-8-13)21-18(20-12-15-4-3-11-25-15)24-17-6-2-1-5-16(17)22-23-24/h1-11H,12H2,(H,20,21). The minimum absolute atomic E-state index is 0.386. The molecule has 4 rings (SSSR count). The van der Waals surface area contributed by atoms with Gasteiger partial charge in [-0.2, -0.15) is 4.68 Å². The molecule has 124 valence electrons. The van der Waals surface area contributed by atoms with Gasteiger partial charge in [0.25, 0.3) is 0 Å². The minimum Gasteiger partial charge on any atom is -0.467 e. The van der Waals surface area contributed by atoms with Crippen LogP contribution in [0, 0.1) is 0 Å². The van der Waals surface area contributed by atoms with Crippen molar-refractivity contribution in [1.29, 1.82) is 0 Å². The van der Waals surface area contributed by atoms with Crippen LogP contribution in [0.25, 0.3) is 11.0 Å². The highest BCUT2D eigenvalue weighted by atomic mass is 35.5. The molecule has 0 fully saturated rings. The van der Waals surface area contributed by atoms with Crippen LogP contribution < -0.4 is 5.32 Å². The highest BCUT2D eigenvalue weighted by Gasteiger charge is 2.11. The second-order valence-electron chi connectivity index (χ2n) is 5.34. The lowest BCUT2D eigenvalue weighted by Crippen LogP contribution is -2.23. The van der Waals surface area contributed by atoms with Crippen molar-refractivity contribution in [2.75, 3.05) is 5.32 Å². The van der Waals surface area contributed by atoms with Crippen LogP contribution in [0.2, 0.25) is 5.02 Å². The van der Waals surface area contributed by atoms with E-state index in [0.29, 0.717) is 17.5 Å². The fourth-order valence-electron chi connectivity index (χ4n) is 2.40. The third kappa shape index (κ3) is 3.39. The summed E-state index contributed by atoms with van der Waals surface area (Å²) in [6, 6.07) is 18.8.